The topological polar surface area (TPSA) is 64.3 Å². The van der Waals surface area contributed by atoms with E-state index in [-0.39, 0.29) is 18.1 Å². The van der Waals surface area contributed by atoms with Gasteiger partial charge in [-0.15, -0.1) is 0 Å². The molecule has 3 rings (SSSR count). The van der Waals surface area contributed by atoms with Gasteiger partial charge in [-0.25, -0.2) is 0 Å². The summed E-state index contributed by atoms with van der Waals surface area (Å²) in [5.74, 6) is 0.588. The Morgan fingerprint density at radius 3 is 2.96 bits per heavy atom. The van der Waals surface area contributed by atoms with Crippen molar-refractivity contribution in [3.05, 3.63) is 46.0 Å². The maximum atomic E-state index is 13.0. The minimum absolute atomic E-state index is 0.0291. The van der Waals surface area contributed by atoms with Crippen LogP contribution in [0.1, 0.15) is 45.1 Å². The van der Waals surface area contributed by atoms with Crippen LogP contribution in [0.25, 0.3) is 10.9 Å². The lowest BCUT2D eigenvalue weighted by Gasteiger charge is -2.39. The number of hydrogen-bond acceptors (Lipinski definition) is 4. The summed E-state index contributed by atoms with van der Waals surface area (Å²) in [6.07, 6.45) is 6.75. The summed E-state index contributed by atoms with van der Waals surface area (Å²) in [4.78, 5) is 17.2. The van der Waals surface area contributed by atoms with E-state index in [1.807, 2.05) is 26.8 Å². The molecule has 0 saturated carbocycles. The van der Waals surface area contributed by atoms with Crippen LogP contribution in [-0.2, 0) is 7.05 Å². The Morgan fingerprint density at radius 2 is 2.29 bits per heavy atom. The van der Waals surface area contributed by atoms with E-state index in [1.54, 1.807) is 24.0 Å². The van der Waals surface area contributed by atoms with E-state index in [2.05, 4.69) is 11.1 Å². The Bertz CT molecular complexity index is 865. The first-order valence-corrected chi connectivity index (χ1v) is 8.28. The number of fused-ring (bicyclic) bond motifs is 3. The van der Waals surface area contributed by atoms with Crippen molar-refractivity contribution >= 4 is 10.9 Å². The molecule has 0 bridgehead atoms. The summed E-state index contributed by atoms with van der Waals surface area (Å²) in [7, 11) is 1.78. The molecule has 128 valence electrons. The maximum absolute atomic E-state index is 13.0. The summed E-state index contributed by atoms with van der Waals surface area (Å²) < 4.78 is 7.94. The smallest absolute Gasteiger partial charge is 0.258 e. The van der Waals surface area contributed by atoms with Crippen LogP contribution in [0.3, 0.4) is 0 Å². The minimum Gasteiger partial charge on any atom is -0.486 e. The molecule has 5 nitrogen and oxygen atoms in total. The van der Waals surface area contributed by atoms with E-state index >= 15 is 0 Å². The molecule has 24 heavy (non-hydrogen) atoms. The first kappa shape index (κ1) is 16.7. The molecule has 1 N–H and O–H groups in total. The molecule has 1 aliphatic rings. The van der Waals surface area contributed by atoms with E-state index in [9.17, 15) is 9.90 Å². The molecule has 3 heterocycles. The fraction of sp³-hybridized carbons (Fsp3) is 0.474. The Balaban J connectivity index is 2.34. The lowest BCUT2D eigenvalue weighted by atomic mass is 9.81. The number of aryl methyl sites for hydroxylation is 1. The summed E-state index contributed by atoms with van der Waals surface area (Å²) in [5.41, 5.74) is 2.12. The van der Waals surface area contributed by atoms with Gasteiger partial charge in [0.2, 0.25) is 0 Å². The van der Waals surface area contributed by atoms with Crippen molar-refractivity contribution in [1.82, 2.24) is 9.55 Å². The first-order chi connectivity index (χ1) is 11.4. The molecule has 0 fully saturated rings. The second kappa shape index (κ2) is 6.06. The number of pyridine rings is 2. The van der Waals surface area contributed by atoms with Crippen LogP contribution in [0.5, 0.6) is 5.75 Å². The van der Waals surface area contributed by atoms with Crippen LogP contribution < -0.4 is 10.3 Å². The Morgan fingerprint density at radius 1 is 1.54 bits per heavy atom. The lowest BCUT2D eigenvalue weighted by Crippen LogP contribution is -2.41. The molecule has 2 aromatic heterocycles. The number of aliphatic hydroxyl groups excluding tert-OH is 1. The van der Waals surface area contributed by atoms with Crippen molar-refractivity contribution in [2.45, 2.75) is 45.1 Å². The van der Waals surface area contributed by atoms with Crippen LogP contribution >= 0.6 is 0 Å². The zero-order chi connectivity index (χ0) is 17.5. The predicted molar refractivity (Wildman–Crippen MR) is 94.5 cm³/mol. The van der Waals surface area contributed by atoms with Gasteiger partial charge in [-0.2, -0.15) is 0 Å². The second-order valence-corrected chi connectivity index (χ2v) is 7.08. The minimum atomic E-state index is -0.506. The summed E-state index contributed by atoms with van der Waals surface area (Å²) in [5, 5.41) is 10.3. The normalized spacial score (nSPS) is 22.8. The molecular formula is C19H24N2O3. The molecule has 0 aromatic carbocycles. The van der Waals surface area contributed by atoms with Crippen molar-refractivity contribution in [3.8, 4) is 5.75 Å². The van der Waals surface area contributed by atoms with Gasteiger partial charge in [0.15, 0.2) is 0 Å². The highest BCUT2D eigenvalue weighted by molar-refractivity contribution is 5.86. The molecule has 2 atom stereocenters. The summed E-state index contributed by atoms with van der Waals surface area (Å²) in [6.45, 7) is 6.11. The van der Waals surface area contributed by atoms with E-state index < -0.39 is 5.60 Å². The lowest BCUT2D eigenvalue weighted by molar-refractivity contribution is 0.0349. The van der Waals surface area contributed by atoms with Crippen molar-refractivity contribution < 1.29 is 9.84 Å². The Kier molecular flexibility index (Phi) is 4.22. The van der Waals surface area contributed by atoms with Gasteiger partial charge in [0.05, 0.1) is 16.5 Å². The number of hydrogen-bond donors (Lipinski definition) is 1. The molecule has 0 spiro atoms. The highest BCUT2D eigenvalue weighted by Gasteiger charge is 2.39. The van der Waals surface area contributed by atoms with E-state index in [1.165, 1.54) is 0 Å². The van der Waals surface area contributed by atoms with Gasteiger partial charge in [0.1, 0.15) is 11.4 Å². The van der Waals surface area contributed by atoms with Gasteiger partial charge in [-0.3, -0.25) is 9.78 Å². The molecule has 2 aromatic rings. The molecule has 0 aliphatic carbocycles. The fourth-order valence-corrected chi connectivity index (χ4v) is 3.61. The van der Waals surface area contributed by atoms with Crippen LogP contribution in [-0.4, -0.2) is 26.9 Å². The van der Waals surface area contributed by atoms with Gasteiger partial charge in [0.25, 0.3) is 5.56 Å². The van der Waals surface area contributed by atoms with Gasteiger partial charge in [-0.1, -0.05) is 11.6 Å². The zero-order valence-corrected chi connectivity index (χ0v) is 14.7. The predicted octanol–water partition coefficient (Wildman–Crippen LogP) is 2.91. The summed E-state index contributed by atoms with van der Waals surface area (Å²) in [6, 6.07) is 1.83. The van der Waals surface area contributed by atoms with Crippen LogP contribution in [0.2, 0.25) is 0 Å². The molecule has 5 heteroatoms. The third-order valence-corrected chi connectivity index (χ3v) is 4.73. The number of rotatable bonds is 3. The van der Waals surface area contributed by atoms with Crippen molar-refractivity contribution in [3.63, 3.8) is 0 Å². The number of nitrogens with zero attached hydrogens (tertiary/aromatic N) is 2. The van der Waals surface area contributed by atoms with Gasteiger partial charge >= 0.3 is 0 Å². The molecule has 1 aliphatic heterocycles. The number of allylic oxidation sites excluding steroid dienone is 2. The Labute approximate surface area is 141 Å². The fourth-order valence-electron chi connectivity index (χ4n) is 3.61. The molecule has 2 unspecified atom stereocenters. The largest absolute Gasteiger partial charge is 0.486 e. The van der Waals surface area contributed by atoms with E-state index in [4.69, 9.17) is 4.74 Å². The Hall–Kier alpha value is -2.14. The van der Waals surface area contributed by atoms with Gasteiger partial charge in [-0.05, 0) is 33.3 Å². The molecule has 0 radical (unpaired) electrons. The van der Waals surface area contributed by atoms with Crippen molar-refractivity contribution in [2.75, 3.05) is 6.61 Å². The zero-order valence-electron chi connectivity index (χ0n) is 14.7. The van der Waals surface area contributed by atoms with Crippen LogP contribution in [0.15, 0.2) is 34.9 Å². The molecule has 0 saturated heterocycles. The van der Waals surface area contributed by atoms with Gasteiger partial charge < -0.3 is 14.4 Å². The quantitative estimate of drug-likeness (QED) is 0.880. The third kappa shape index (κ3) is 2.73. The molecule has 0 amide bonds. The SMILES string of the molecule is CC(C)=CC1CC(C)(CCO)Oc2c1c(=O)n(C)c1ccncc21. The van der Waals surface area contributed by atoms with Gasteiger partial charge in [0, 0.05) is 38.4 Å². The third-order valence-electron chi connectivity index (χ3n) is 4.73. The highest BCUT2D eigenvalue weighted by Crippen LogP contribution is 2.44. The number of aromatic nitrogens is 2. The first-order valence-electron chi connectivity index (χ1n) is 8.28. The standard InChI is InChI=1S/C19H24N2O3/c1-12(2)9-13-10-19(3,6-8-22)24-17-14-11-20-7-5-15(14)21(4)18(23)16(13)17/h5,7,9,11,13,22H,6,8,10H2,1-4H3. The monoisotopic (exact) mass is 328 g/mol. The van der Waals surface area contributed by atoms with E-state index in [0.717, 1.165) is 16.5 Å². The van der Waals surface area contributed by atoms with E-state index in [0.29, 0.717) is 24.2 Å². The van der Waals surface area contributed by atoms with Crippen molar-refractivity contribution in [1.29, 1.82) is 0 Å². The molecular weight excluding hydrogens is 304 g/mol. The van der Waals surface area contributed by atoms with Crippen LogP contribution in [0, 0.1) is 0 Å². The average molecular weight is 328 g/mol. The second-order valence-electron chi connectivity index (χ2n) is 7.08. The number of ether oxygens (including phenoxy) is 1. The van der Waals surface area contributed by atoms with Crippen LogP contribution in [0.4, 0.5) is 0 Å². The summed E-state index contributed by atoms with van der Waals surface area (Å²) >= 11 is 0. The average Bonchev–Trinajstić information content (AvgIpc) is 2.51. The number of aliphatic hydroxyl groups is 1. The highest BCUT2D eigenvalue weighted by atomic mass is 16.5. The maximum Gasteiger partial charge on any atom is 0.258 e. The van der Waals surface area contributed by atoms with Crippen molar-refractivity contribution in [2.24, 2.45) is 7.05 Å².